The van der Waals surface area contributed by atoms with E-state index in [1.165, 1.54) is 48.8 Å². The van der Waals surface area contributed by atoms with Crippen LogP contribution in [0.1, 0.15) is 10.4 Å². The minimum absolute atomic E-state index is 0.0363. The highest BCUT2D eigenvalue weighted by molar-refractivity contribution is 7.92. The summed E-state index contributed by atoms with van der Waals surface area (Å²) in [6, 6.07) is 12.8. The second-order valence-corrected chi connectivity index (χ2v) is 7.60. The molecule has 0 fully saturated rings. The fraction of sp³-hybridized carbons (Fsp3) is 0. The van der Waals surface area contributed by atoms with Crippen molar-refractivity contribution in [3.8, 4) is 5.75 Å². The molecular weight excluding hydrogens is 390 g/mol. The Morgan fingerprint density at radius 2 is 1.78 bits per heavy atom. The number of sulfonamides is 1. The molecule has 2 aromatic carbocycles. The largest absolute Gasteiger partial charge is 0.506 e. The predicted octanol–water partition coefficient (Wildman–Crippen LogP) is 3.49. The Morgan fingerprint density at radius 1 is 1.04 bits per heavy atom. The van der Waals surface area contributed by atoms with Crippen molar-refractivity contribution in [1.29, 1.82) is 0 Å². The van der Waals surface area contributed by atoms with Crippen LogP contribution in [0.3, 0.4) is 0 Å². The molecule has 0 saturated carbocycles. The molecular formula is C18H14ClN3O4S. The first-order chi connectivity index (χ1) is 12.8. The number of anilines is 2. The lowest BCUT2D eigenvalue weighted by molar-refractivity contribution is 0.102. The Hall–Kier alpha value is -3.10. The minimum atomic E-state index is -3.95. The molecule has 0 aliphatic carbocycles. The van der Waals surface area contributed by atoms with E-state index in [1.807, 2.05) is 0 Å². The summed E-state index contributed by atoms with van der Waals surface area (Å²) < 4.78 is 27.5. The first-order valence-electron chi connectivity index (χ1n) is 7.68. The molecule has 27 heavy (non-hydrogen) atoms. The van der Waals surface area contributed by atoms with Gasteiger partial charge in [0.05, 0.1) is 16.3 Å². The number of benzene rings is 2. The topological polar surface area (TPSA) is 108 Å². The van der Waals surface area contributed by atoms with Crippen LogP contribution in [0.25, 0.3) is 0 Å². The van der Waals surface area contributed by atoms with Crippen LogP contribution in [-0.2, 0) is 10.0 Å². The van der Waals surface area contributed by atoms with E-state index in [0.29, 0.717) is 10.6 Å². The maximum atomic E-state index is 12.6. The summed E-state index contributed by atoms with van der Waals surface area (Å²) in [6.07, 6.45) is 2.90. The van der Waals surface area contributed by atoms with Gasteiger partial charge in [-0.15, -0.1) is 0 Å². The van der Waals surface area contributed by atoms with Gasteiger partial charge >= 0.3 is 0 Å². The molecule has 1 aromatic heterocycles. The molecule has 3 rings (SSSR count). The number of pyridine rings is 1. The molecule has 0 spiro atoms. The van der Waals surface area contributed by atoms with E-state index in [0.717, 1.165) is 0 Å². The fourth-order valence-electron chi connectivity index (χ4n) is 2.25. The number of aromatic hydroxyl groups is 1. The first-order valence-corrected chi connectivity index (χ1v) is 9.54. The van der Waals surface area contributed by atoms with Crippen molar-refractivity contribution in [1.82, 2.24) is 4.98 Å². The minimum Gasteiger partial charge on any atom is -0.506 e. The van der Waals surface area contributed by atoms with Crippen molar-refractivity contribution in [2.75, 3.05) is 10.0 Å². The average molecular weight is 404 g/mol. The van der Waals surface area contributed by atoms with Crippen LogP contribution in [-0.4, -0.2) is 24.4 Å². The van der Waals surface area contributed by atoms with Gasteiger partial charge in [0.25, 0.3) is 15.9 Å². The molecule has 0 bridgehead atoms. The molecule has 138 valence electrons. The maximum Gasteiger partial charge on any atom is 0.261 e. The van der Waals surface area contributed by atoms with Gasteiger partial charge in [0.15, 0.2) is 0 Å². The monoisotopic (exact) mass is 403 g/mol. The Balaban J connectivity index is 1.87. The van der Waals surface area contributed by atoms with E-state index < -0.39 is 15.9 Å². The van der Waals surface area contributed by atoms with Crippen molar-refractivity contribution in [2.45, 2.75) is 4.90 Å². The Morgan fingerprint density at radius 3 is 2.48 bits per heavy atom. The zero-order chi connectivity index (χ0) is 19.4. The summed E-state index contributed by atoms with van der Waals surface area (Å²) in [6.45, 7) is 0. The van der Waals surface area contributed by atoms with Crippen molar-refractivity contribution >= 4 is 38.9 Å². The van der Waals surface area contributed by atoms with E-state index in [-0.39, 0.29) is 22.0 Å². The second kappa shape index (κ2) is 7.65. The molecule has 3 N–H and O–H groups in total. The molecule has 9 heteroatoms. The van der Waals surface area contributed by atoms with E-state index >= 15 is 0 Å². The predicted molar refractivity (Wildman–Crippen MR) is 103 cm³/mol. The lowest BCUT2D eigenvalue weighted by Crippen LogP contribution is -2.15. The molecule has 7 nitrogen and oxygen atoms in total. The summed E-state index contributed by atoms with van der Waals surface area (Å²) in [5.41, 5.74) is 0.568. The SMILES string of the molecule is O=C(Nc1cc(S(=O)(=O)Nc2cccc(Cl)c2)ccc1O)c1ccncc1. The van der Waals surface area contributed by atoms with Crippen LogP contribution in [0.2, 0.25) is 5.02 Å². The van der Waals surface area contributed by atoms with Gasteiger partial charge in [0.2, 0.25) is 0 Å². The zero-order valence-corrected chi connectivity index (χ0v) is 15.3. The number of phenols is 1. The lowest BCUT2D eigenvalue weighted by Gasteiger charge is -2.12. The van der Waals surface area contributed by atoms with Gasteiger partial charge in [-0.2, -0.15) is 0 Å². The summed E-state index contributed by atoms with van der Waals surface area (Å²) >= 11 is 5.86. The number of hydrogen-bond acceptors (Lipinski definition) is 5. The third-order valence-corrected chi connectivity index (χ3v) is 5.16. The number of halogens is 1. The highest BCUT2D eigenvalue weighted by Crippen LogP contribution is 2.28. The third-order valence-electron chi connectivity index (χ3n) is 3.55. The number of rotatable bonds is 5. The van der Waals surface area contributed by atoms with Gasteiger partial charge in [-0.05, 0) is 48.5 Å². The summed E-state index contributed by atoms with van der Waals surface area (Å²) in [7, 11) is -3.95. The van der Waals surface area contributed by atoms with Crippen LogP contribution in [0.5, 0.6) is 5.75 Å². The number of nitrogens with zero attached hydrogens (tertiary/aromatic N) is 1. The average Bonchev–Trinajstić information content (AvgIpc) is 2.63. The second-order valence-electron chi connectivity index (χ2n) is 5.48. The van der Waals surface area contributed by atoms with E-state index in [9.17, 15) is 18.3 Å². The maximum absolute atomic E-state index is 12.6. The van der Waals surface area contributed by atoms with Gasteiger partial charge in [0, 0.05) is 23.0 Å². The third kappa shape index (κ3) is 4.55. The molecule has 1 amide bonds. The number of nitrogens with one attached hydrogen (secondary N) is 2. The van der Waals surface area contributed by atoms with Gasteiger partial charge in [-0.25, -0.2) is 8.42 Å². The Kier molecular flexibility index (Phi) is 5.29. The number of carbonyl (C=O) groups excluding carboxylic acids is 1. The molecule has 0 aliphatic heterocycles. The molecule has 0 aliphatic rings. The van der Waals surface area contributed by atoms with Gasteiger partial charge in [-0.3, -0.25) is 14.5 Å². The van der Waals surface area contributed by atoms with E-state index in [4.69, 9.17) is 11.6 Å². The summed E-state index contributed by atoms with van der Waals surface area (Å²) in [5.74, 6) is -0.774. The fourth-order valence-corrected chi connectivity index (χ4v) is 3.51. The smallest absolute Gasteiger partial charge is 0.261 e. The van der Waals surface area contributed by atoms with Crippen molar-refractivity contribution in [2.24, 2.45) is 0 Å². The molecule has 3 aromatic rings. The number of aromatic nitrogens is 1. The van der Waals surface area contributed by atoms with E-state index in [1.54, 1.807) is 18.2 Å². The van der Waals surface area contributed by atoms with Gasteiger partial charge in [-0.1, -0.05) is 17.7 Å². The highest BCUT2D eigenvalue weighted by Gasteiger charge is 2.18. The van der Waals surface area contributed by atoms with Crippen molar-refractivity contribution in [3.63, 3.8) is 0 Å². The van der Waals surface area contributed by atoms with Crippen LogP contribution in [0.4, 0.5) is 11.4 Å². The Labute approximate surface area is 160 Å². The van der Waals surface area contributed by atoms with Gasteiger partial charge < -0.3 is 10.4 Å². The van der Waals surface area contributed by atoms with Crippen molar-refractivity contribution in [3.05, 3.63) is 77.6 Å². The standard InChI is InChI=1S/C18H14ClN3O4S/c19-13-2-1-3-14(10-13)22-27(25,26)15-4-5-17(23)16(11-15)21-18(24)12-6-8-20-9-7-12/h1-11,22-23H,(H,21,24). The quantitative estimate of drug-likeness (QED) is 0.565. The van der Waals surface area contributed by atoms with Crippen LogP contribution >= 0.6 is 11.6 Å². The molecule has 0 radical (unpaired) electrons. The number of hydrogen-bond donors (Lipinski definition) is 3. The van der Waals surface area contributed by atoms with Crippen LogP contribution in [0.15, 0.2) is 71.9 Å². The zero-order valence-electron chi connectivity index (χ0n) is 13.8. The molecule has 0 atom stereocenters. The number of amides is 1. The number of phenolic OH excluding ortho intramolecular Hbond substituents is 1. The normalized spacial score (nSPS) is 11.0. The van der Waals surface area contributed by atoms with E-state index in [2.05, 4.69) is 15.0 Å². The molecule has 1 heterocycles. The Bertz CT molecular complexity index is 1090. The van der Waals surface area contributed by atoms with Gasteiger partial charge in [0.1, 0.15) is 5.75 Å². The van der Waals surface area contributed by atoms with Crippen LogP contribution in [0, 0.1) is 0 Å². The van der Waals surface area contributed by atoms with Crippen molar-refractivity contribution < 1.29 is 18.3 Å². The molecule has 0 saturated heterocycles. The van der Waals surface area contributed by atoms with Crippen LogP contribution < -0.4 is 10.0 Å². The number of carbonyl (C=O) groups is 1. The lowest BCUT2D eigenvalue weighted by atomic mass is 10.2. The first kappa shape index (κ1) is 18.7. The highest BCUT2D eigenvalue weighted by atomic mass is 35.5. The summed E-state index contributed by atoms with van der Waals surface area (Å²) in [4.78, 5) is 15.9. The molecule has 0 unspecified atom stereocenters. The summed E-state index contributed by atoms with van der Waals surface area (Å²) in [5, 5.41) is 12.8.